The van der Waals surface area contributed by atoms with Crippen molar-refractivity contribution < 1.29 is 4.42 Å². The van der Waals surface area contributed by atoms with Crippen molar-refractivity contribution in [3.63, 3.8) is 0 Å². The van der Waals surface area contributed by atoms with Crippen molar-refractivity contribution in [1.29, 1.82) is 0 Å². The molecule has 3 nitrogen and oxygen atoms in total. The smallest absolute Gasteiger partial charge is 0.135 e. The van der Waals surface area contributed by atoms with E-state index in [9.17, 15) is 0 Å². The van der Waals surface area contributed by atoms with Crippen molar-refractivity contribution in [2.24, 2.45) is 17.8 Å². The Morgan fingerprint density at radius 3 is 1.21 bits per heavy atom. The topological polar surface area (TPSA) is 19.6 Å². The molecule has 1 heterocycles. The van der Waals surface area contributed by atoms with Gasteiger partial charge in [0.15, 0.2) is 0 Å². The molecule has 0 aliphatic heterocycles. The van der Waals surface area contributed by atoms with E-state index in [1.807, 2.05) is 12.1 Å². The number of benzene rings is 8. The molecule has 4 bridgehead atoms. The van der Waals surface area contributed by atoms with Crippen LogP contribution >= 0.6 is 0 Å². The van der Waals surface area contributed by atoms with E-state index >= 15 is 0 Å². The molecule has 13 rings (SSSR count). The summed E-state index contributed by atoms with van der Waals surface area (Å²) in [6.45, 7) is 0. The first-order chi connectivity index (χ1) is 30.1. The third-order valence-corrected chi connectivity index (χ3v) is 14.2. The van der Waals surface area contributed by atoms with E-state index in [2.05, 4.69) is 198 Å². The van der Waals surface area contributed by atoms with Gasteiger partial charge in [-0.05, 0) is 174 Å². The fourth-order valence-corrected chi connectivity index (χ4v) is 11.8. The lowest BCUT2D eigenvalue weighted by Crippen LogP contribution is -2.48. The number of para-hydroxylation sites is 3. The van der Waals surface area contributed by atoms with Gasteiger partial charge in [-0.3, -0.25) is 0 Å². The monoisotopic (exact) mass is 788 g/mol. The van der Waals surface area contributed by atoms with Gasteiger partial charge in [-0.25, -0.2) is 0 Å². The quantitative estimate of drug-likeness (QED) is 0.145. The van der Waals surface area contributed by atoms with Crippen molar-refractivity contribution in [2.75, 3.05) is 9.80 Å². The fourth-order valence-electron chi connectivity index (χ4n) is 11.8. The van der Waals surface area contributed by atoms with Crippen LogP contribution in [0.3, 0.4) is 0 Å². The van der Waals surface area contributed by atoms with Gasteiger partial charge in [0.25, 0.3) is 0 Å². The fraction of sp³-hybridized carbons (Fsp3) is 0.172. The van der Waals surface area contributed by atoms with Crippen LogP contribution < -0.4 is 9.80 Å². The maximum Gasteiger partial charge on any atom is 0.135 e. The van der Waals surface area contributed by atoms with Crippen LogP contribution in [0.15, 0.2) is 205 Å². The van der Waals surface area contributed by atoms with Crippen LogP contribution in [-0.2, 0) is 5.41 Å². The number of hydrogen-bond acceptors (Lipinski definition) is 3. The molecule has 0 amide bonds. The van der Waals surface area contributed by atoms with E-state index in [1.54, 1.807) is 5.56 Å². The Labute approximate surface area is 358 Å². The normalized spacial score (nSPS) is 20.3. The second-order valence-electron chi connectivity index (χ2n) is 18.0. The lowest BCUT2D eigenvalue weighted by atomic mass is 9.48. The lowest BCUT2D eigenvalue weighted by Gasteiger charge is -2.57. The van der Waals surface area contributed by atoms with Crippen molar-refractivity contribution in [3.8, 4) is 22.3 Å². The Bertz CT molecular complexity index is 2930. The third-order valence-electron chi connectivity index (χ3n) is 14.2. The minimum Gasteiger partial charge on any atom is -0.456 e. The van der Waals surface area contributed by atoms with Crippen molar-refractivity contribution in [1.82, 2.24) is 0 Å². The zero-order valence-corrected chi connectivity index (χ0v) is 34.3. The molecule has 9 aromatic rings. The molecule has 0 atom stereocenters. The summed E-state index contributed by atoms with van der Waals surface area (Å²) in [4.78, 5) is 4.67. The molecule has 61 heavy (non-hydrogen) atoms. The Morgan fingerprint density at radius 1 is 0.344 bits per heavy atom. The number of furan rings is 1. The zero-order chi connectivity index (χ0) is 40.3. The summed E-state index contributed by atoms with van der Waals surface area (Å²) in [5, 5.41) is 2.24. The summed E-state index contributed by atoms with van der Waals surface area (Å²) in [7, 11) is 0. The van der Waals surface area contributed by atoms with Gasteiger partial charge >= 0.3 is 0 Å². The minimum absolute atomic E-state index is 0.434. The summed E-state index contributed by atoms with van der Waals surface area (Å²) in [5.74, 6) is 2.88. The third kappa shape index (κ3) is 6.51. The summed E-state index contributed by atoms with van der Waals surface area (Å²) in [6.07, 6.45) is 8.69. The highest BCUT2D eigenvalue weighted by atomic mass is 16.3. The van der Waals surface area contributed by atoms with E-state index in [1.165, 1.54) is 60.8 Å². The molecule has 0 spiro atoms. The summed E-state index contributed by atoms with van der Waals surface area (Å²) in [5.41, 5.74) is 15.4. The van der Waals surface area contributed by atoms with Gasteiger partial charge in [-0.15, -0.1) is 0 Å². The molecule has 4 aliphatic rings. The molecule has 0 saturated heterocycles. The molecule has 0 unspecified atom stereocenters. The molecule has 4 saturated carbocycles. The Hall–Kier alpha value is -6.84. The largest absolute Gasteiger partial charge is 0.456 e. The summed E-state index contributed by atoms with van der Waals surface area (Å²) in [6, 6.07) is 72.7. The summed E-state index contributed by atoms with van der Waals surface area (Å²) >= 11 is 0. The minimum atomic E-state index is 0.434. The lowest BCUT2D eigenvalue weighted by molar-refractivity contribution is -0.00518. The SMILES string of the molecule is c1ccc(N(c2ccc(-c3ccc(N(c4ccccc4)c4ccc5oc6ccccc6c5c4)cc3)cc2)c2ccc(-c3ccc(C45CC6CC(CC(C6)C4)C5)cc3)cc2)cc1. The first-order valence-electron chi connectivity index (χ1n) is 22.2. The average Bonchev–Trinajstić information content (AvgIpc) is 3.68. The van der Waals surface area contributed by atoms with Crippen molar-refractivity contribution in [3.05, 3.63) is 206 Å². The molecule has 8 aromatic carbocycles. The Morgan fingerprint density at radius 2 is 0.721 bits per heavy atom. The second-order valence-corrected chi connectivity index (χ2v) is 18.0. The molecular formula is C58H48N2O. The van der Waals surface area contributed by atoms with Crippen molar-refractivity contribution >= 4 is 56.1 Å². The van der Waals surface area contributed by atoms with E-state index in [-0.39, 0.29) is 0 Å². The molecule has 4 fully saturated rings. The van der Waals surface area contributed by atoms with E-state index < -0.39 is 0 Å². The number of rotatable bonds is 9. The Balaban J connectivity index is 0.813. The van der Waals surface area contributed by atoms with Crippen LogP contribution in [0.5, 0.6) is 0 Å². The maximum atomic E-state index is 6.17. The van der Waals surface area contributed by atoms with Gasteiger partial charge in [0, 0.05) is 44.9 Å². The van der Waals surface area contributed by atoms with Gasteiger partial charge in [-0.1, -0.05) is 115 Å². The highest BCUT2D eigenvalue weighted by Gasteiger charge is 2.51. The van der Waals surface area contributed by atoms with E-state index in [4.69, 9.17) is 4.42 Å². The van der Waals surface area contributed by atoms with Crippen LogP contribution in [-0.4, -0.2) is 0 Å². The van der Waals surface area contributed by atoms with Gasteiger partial charge < -0.3 is 14.2 Å². The molecule has 296 valence electrons. The summed E-state index contributed by atoms with van der Waals surface area (Å²) < 4.78 is 6.17. The van der Waals surface area contributed by atoms with Crippen LogP contribution in [0.25, 0.3) is 44.2 Å². The van der Waals surface area contributed by atoms with Crippen LogP contribution in [0.4, 0.5) is 34.1 Å². The standard InChI is InChI=1S/C58H48N2O/c1-3-9-48(10-4-1)59(50-25-17-44(18-26-50)43-15-23-47(24-16-43)58-37-40-33-41(38-58)35-42(34-40)39-58)51-27-19-45(20-28-51)46-21-29-52(30-22-46)60(49-11-5-2-6-12-49)53-31-32-57-55(36-53)54-13-7-8-14-56(54)61-57/h1-32,36,40-42H,33-35,37-39H2. The van der Waals surface area contributed by atoms with Gasteiger partial charge in [0.05, 0.1) is 0 Å². The van der Waals surface area contributed by atoms with E-state index in [0.717, 1.165) is 73.8 Å². The number of fused-ring (bicyclic) bond motifs is 3. The highest BCUT2D eigenvalue weighted by molar-refractivity contribution is 6.06. The molecule has 0 N–H and O–H groups in total. The van der Waals surface area contributed by atoms with Crippen LogP contribution in [0.1, 0.15) is 44.1 Å². The van der Waals surface area contributed by atoms with E-state index in [0.29, 0.717) is 5.41 Å². The number of anilines is 6. The molecule has 0 radical (unpaired) electrons. The first kappa shape index (κ1) is 36.0. The predicted molar refractivity (Wildman–Crippen MR) is 254 cm³/mol. The highest BCUT2D eigenvalue weighted by Crippen LogP contribution is 2.60. The van der Waals surface area contributed by atoms with Crippen molar-refractivity contribution in [2.45, 2.75) is 43.9 Å². The van der Waals surface area contributed by atoms with Gasteiger partial charge in [-0.2, -0.15) is 0 Å². The molecule has 3 heteroatoms. The van der Waals surface area contributed by atoms with Crippen LogP contribution in [0, 0.1) is 17.8 Å². The van der Waals surface area contributed by atoms with Gasteiger partial charge in [0.2, 0.25) is 0 Å². The predicted octanol–water partition coefficient (Wildman–Crippen LogP) is 16.3. The number of hydrogen-bond donors (Lipinski definition) is 0. The van der Waals surface area contributed by atoms with Gasteiger partial charge in [0.1, 0.15) is 11.2 Å². The maximum absolute atomic E-state index is 6.17. The average molecular weight is 789 g/mol. The Kier molecular flexibility index (Phi) is 8.69. The molecule has 1 aromatic heterocycles. The molecular weight excluding hydrogens is 741 g/mol. The number of nitrogens with zero attached hydrogens (tertiary/aromatic N) is 2. The first-order valence-corrected chi connectivity index (χ1v) is 22.2. The second kappa shape index (κ2) is 14.7. The zero-order valence-electron chi connectivity index (χ0n) is 34.3. The van der Waals surface area contributed by atoms with Crippen LogP contribution in [0.2, 0.25) is 0 Å². The molecule has 4 aliphatic carbocycles.